The largest absolute Gasteiger partial charge is 0.550 e. The summed E-state index contributed by atoms with van der Waals surface area (Å²) in [5.74, 6) is -9.72. The smallest absolute Gasteiger partial charge is 0.246 e. The molecule has 5 aliphatic heterocycles. The summed E-state index contributed by atoms with van der Waals surface area (Å²) in [7, 11) is 7.61. The van der Waals surface area contributed by atoms with Gasteiger partial charge in [0.2, 0.25) is 65.0 Å². The van der Waals surface area contributed by atoms with Crippen molar-refractivity contribution >= 4 is 81.9 Å². The average molecular weight is 1600 g/mol. The molecule has 10 atom stereocenters. The molecule has 0 spiro atoms. The van der Waals surface area contributed by atoms with Crippen LogP contribution in [0.25, 0.3) is 10.9 Å². The fraction of sp³-hybridized carbons (Fsp3) is 0.500. The van der Waals surface area contributed by atoms with Crippen LogP contribution < -0.4 is 57.7 Å². The molecule has 2 fully saturated rings. The second-order valence-corrected chi connectivity index (χ2v) is 30.3. The molecule has 10 bridgehead atoms. The van der Waals surface area contributed by atoms with Crippen molar-refractivity contribution in [1.82, 2.24) is 77.6 Å². The van der Waals surface area contributed by atoms with Gasteiger partial charge in [-0.3, -0.25) is 52.7 Å². The van der Waals surface area contributed by atoms with Gasteiger partial charge in [-0.2, -0.15) is 0 Å². The highest BCUT2D eigenvalue weighted by Crippen LogP contribution is 2.32. The van der Waals surface area contributed by atoms with Gasteiger partial charge in [-0.25, -0.2) is 9.07 Å². The fourth-order valence-electron chi connectivity index (χ4n) is 13.8. The van der Waals surface area contributed by atoms with Crippen LogP contribution in [-0.4, -0.2) is 258 Å². The molecule has 5 aliphatic rings. The predicted molar refractivity (Wildman–Crippen MR) is 412 cm³/mol. The first-order chi connectivity index (χ1) is 54.8. The third-order valence-corrected chi connectivity index (χ3v) is 20.2. The molecule has 34 nitrogen and oxygen atoms in total. The van der Waals surface area contributed by atoms with E-state index in [0.717, 1.165) is 19.0 Å². The van der Waals surface area contributed by atoms with Crippen LogP contribution in [-0.2, 0) is 117 Å². The van der Waals surface area contributed by atoms with Crippen LogP contribution in [0.15, 0.2) is 103 Å². The van der Waals surface area contributed by atoms with Crippen molar-refractivity contribution in [2.75, 3.05) is 87.4 Å². The number of nitrogens with one attached hydrogen (secondary N) is 10. The van der Waals surface area contributed by atoms with Crippen LogP contribution in [0.5, 0.6) is 5.75 Å². The number of hydrogen-bond donors (Lipinski definition) is 11. The van der Waals surface area contributed by atoms with Crippen LogP contribution in [0.4, 0.5) is 4.39 Å². The maximum Gasteiger partial charge on any atom is 0.246 e. The zero-order valence-corrected chi connectivity index (χ0v) is 66.0. The van der Waals surface area contributed by atoms with Gasteiger partial charge >= 0.3 is 0 Å². The van der Waals surface area contributed by atoms with Crippen molar-refractivity contribution in [2.45, 2.75) is 172 Å². The number of ether oxygens (including phenoxy) is 4. The molecule has 620 valence electrons. The lowest BCUT2D eigenvalue weighted by molar-refractivity contribution is -0.870. The number of rotatable bonds is 17. The molecular formula is C80H105FN16O18. The van der Waals surface area contributed by atoms with Crippen molar-refractivity contribution in [3.8, 4) is 5.75 Å². The van der Waals surface area contributed by atoms with E-state index in [9.17, 15) is 33.9 Å². The molecule has 0 aliphatic carbocycles. The molecule has 11 N–H and O–H groups in total. The van der Waals surface area contributed by atoms with Gasteiger partial charge < -0.3 is 101 Å². The number of methoxy groups -OCH3 is 1. The van der Waals surface area contributed by atoms with Gasteiger partial charge in [0, 0.05) is 94.3 Å². The van der Waals surface area contributed by atoms with E-state index in [0.29, 0.717) is 80.7 Å². The maximum atomic E-state index is 15.9. The predicted octanol–water partition coefficient (Wildman–Crippen LogP) is -1.06. The van der Waals surface area contributed by atoms with Crippen LogP contribution in [0, 0.1) is 5.82 Å². The lowest BCUT2D eigenvalue weighted by atomic mass is 9.95. The minimum absolute atomic E-state index is 0.000837. The van der Waals surface area contributed by atoms with Gasteiger partial charge in [-0.15, -0.1) is 5.10 Å². The zero-order chi connectivity index (χ0) is 83.1. The minimum atomic E-state index is -1.82. The molecule has 2 aromatic heterocycles. The summed E-state index contributed by atoms with van der Waals surface area (Å²) in [6.07, 6.45) is -0.176. The first-order valence-electron chi connectivity index (χ1n) is 38.4. The van der Waals surface area contributed by atoms with Crippen molar-refractivity contribution in [3.63, 3.8) is 0 Å². The van der Waals surface area contributed by atoms with Crippen molar-refractivity contribution in [3.05, 3.63) is 148 Å². The lowest BCUT2D eigenvalue weighted by Crippen LogP contribution is -2.64. The summed E-state index contributed by atoms with van der Waals surface area (Å²) < 4.78 is 40.6. The number of benzene rings is 4. The molecule has 115 heavy (non-hydrogen) atoms. The number of H-pyrrole nitrogens is 1. The van der Waals surface area contributed by atoms with E-state index in [4.69, 9.17) is 28.8 Å². The van der Waals surface area contributed by atoms with Crippen molar-refractivity contribution in [1.29, 1.82) is 0 Å². The number of carboxylic acid groups (broad SMARTS) is 1. The standard InChI is InChI=1S/C78H101FN16O16.C2H4O2/c1-47-70(100)86-60-38-52-10-8-11-53(36-52)44-92-45-56(90-91-92)46-111-64-25-30-93(75(105)62(87-71(60)101)39-54-42-81-59-21-18-55(79)40-58(54)59)69(64)74(104)89-68(48(2)96)73(103)88-61(37-50-16-19-57(108-7)20-17-50)76(106)94-29-9-27-78(94,3)77(107)80-28-24-49-12-14-51(15-13-49)41-82-65(97)22-23-67(99)85-63(72(102)84-47)43-83-66(98)26-32-109-34-35-110-33-31-95(4,5)6;1-2(3)4/h8,10-21,36,40,42,45,47-48,60-64,68-69,81,96H,9,22-35,37-39,41,43-44,46H2,1-7H3,(H8-,80,82,83,84,85,86,87,88,89,97,98,99,100,101,102,103,104,107);1H3,(H,3,4)/t47-,48+,60+,61+,62+,63+,64+,68+,69+,78+;/m1./s1. The number of nitrogens with zero attached hydrogens (tertiary/aromatic N) is 6. The normalized spacial score (nSPS) is 23.2. The number of aliphatic carboxylic acids is 1. The van der Waals surface area contributed by atoms with E-state index in [-0.39, 0.29) is 97.5 Å². The van der Waals surface area contributed by atoms with Gasteiger partial charge in [-0.05, 0) is 117 Å². The number of carboxylic acids is 1. The Morgan fingerprint density at radius 3 is 2.17 bits per heavy atom. The molecule has 0 radical (unpaired) electrons. The Balaban J connectivity index is 0.00000369. The van der Waals surface area contributed by atoms with Gasteiger partial charge in [-0.1, -0.05) is 65.9 Å². The Hall–Kier alpha value is -11.3. The van der Waals surface area contributed by atoms with Crippen molar-refractivity contribution < 1.29 is 95.6 Å². The van der Waals surface area contributed by atoms with Crippen LogP contribution in [0.3, 0.4) is 0 Å². The third kappa shape index (κ3) is 25.6. The number of hydrogen-bond acceptors (Lipinski definition) is 20. The molecule has 7 heterocycles. The molecule has 11 amide bonds. The molecule has 6 aromatic rings. The number of aliphatic hydroxyl groups excluding tert-OH is 1. The fourth-order valence-corrected chi connectivity index (χ4v) is 13.8. The van der Waals surface area contributed by atoms with E-state index in [1.165, 1.54) is 59.8 Å². The summed E-state index contributed by atoms with van der Waals surface area (Å²) in [6.45, 7) is 6.62. The molecule has 0 saturated carbocycles. The highest BCUT2D eigenvalue weighted by atomic mass is 19.1. The van der Waals surface area contributed by atoms with E-state index >= 15 is 28.4 Å². The zero-order valence-electron chi connectivity index (χ0n) is 66.0. The third-order valence-electron chi connectivity index (χ3n) is 20.2. The van der Waals surface area contributed by atoms with E-state index in [1.807, 2.05) is 33.3 Å². The quantitative estimate of drug-likeness (QED) is 0.0295. The van der Waals surface area contributed by atoms with E-state index in [1.54, 1.807) is 73.8 Å². The summed E-state index contributed by atoms with van der Waals surface area (Å²) in [6, 6.07) is 14.0. The van der Waals surface area contributed by atoms with Crippen LogP contribution >= 0.6 is 0 Å². The number of fused-ring (bicyclic) bond motifs is 28. The number of halogens is 1. The summed E-state index contributed by atoms with van der Waals surface area (Å²) in [5.41, 5.74) is 3.07. The molecule has 35 heteroatoms. The SMILES string of the molecule is CC(=O)[O-].COc1ccc(C[C@@H]2NC(=O)[C@H]([C@H](C)O)NC(=O)[C@@H]3[C@@H]4CCN3C(=O)[C@H](Cc3c[nH]c5ccc(F)cc35)NC(=O)[C@H](Cc3cccc(c3)Cn3cc(nn3)CO4)NC(=O)[C@@H](C)NC(=O)[C@H](CNC(=O)CCOCCOCC[N+](C)(C)C)NC(=O)CCC(=O)NCc3ccc(cc3)CCNC(=O)[C@]3(C)CCCN3C2=O)cc1. The molecule has 2 saturated heterocycles. The molecule has 11 rings (SSSR count). The van der Waals surface area contributed by atoms with Crippen molar-refractivity contribution in [2.24, 2.45) is 0 Å². The summed E-state index contributed by atoms with van der Waals surface area (Å²) in [5, 5.41) is 54.2. The highest BCUT2D eigenvalue weighted by molar-refractivity contribution is 6.00. The van der Waals surface area contributed by atoms with Gasteiger partial charge in [0.15, 0.2) is 0 Å². The number of amides is 11. The van der Waals surface area contributed by atoms with Crippen LogP contribution in [0.1, 0.15) is 105 Å². The number of aromatic nitrogens is 4. The van der Waals surface area contributed by atoms with Crippen LogP contribution in [0.2, 0.25) is 0 Å². The monoisotopic (exact) mass is 1600 g/mol. The maximum absolute atomic E-state index is 15.9. The Bertz CT molecular complexity index is 4410. The highest BCUT2D eigenvalue weighted by Gasteiger charge is 2.50. The minimum Gasteiger partial charge on any atom is -0.550 e. The summed E-state index contributed by atoms with van der Waals surface area (Å²) >= 11 is 0. The Labute approximate surface area is 665 Å². The topological polar surface area (TPSA) is 446 Å². The van der Waals surface area contributed by atoms with E-state index < -0.39 is 150 Å². The first kappa shape index (κ1) is 87.7. The molecule has 4 aromatic carbocycles. The number of quaternary nitrogens is 1. The Morgan fingerprint density at radius 2 is 1.44 bits per heavy atom. The lowest BCUT2D eigenvalue weighted by Gasteiger charge is -2.37. The number of carbonyl (C=O) groups excluding carboxylic acids is 12. The van der Waals surface area contributed by atoms with Gasteiger partial charge in [0.25, 0.3) is 0 Å². The Kier molecular flexibility index (Phi) is 31.4. The van der Waals surface area contributed by atoms with Gasteiger partial charge in [0.1, 0.15) is 71.6 Å². The Morgan fingerprint density at radius 1 is 0.748 bits per heavy atom. The second-order valence-electron chi connectivity index (χ2n) is 30.3. The number of aromatic amines is 1. The second kappa shape index (κ2) is 41.2. The number of carbonyl (C=O) groups is 12. The number of likely N-dealkylation sites (N-methyl/N-ethyl adjacent to an activating group) is 1. The average Bonchev–Trinajstić information content (AvgIpc) is 1.66. The van der Waals surface area contributed by atoms with Gasteiger partial charge in [0.05, 0.1) is 86.2 Å². The summed E-state index contributed by atoms with van der Waals surface area (Å²) in [4.78, 5) is 176. The van der Waals surface area contributed by atoms with E-state index in [2.05, 4.69) is 63.1 Å². The molecular weight excluding hydrogens is 1490 g/mol. The molecule has 0 unspecified atom stereocenters. The number of aliphatic hydroxyl groups is 1. The first-order valence-corrected chi connectivity index (χ1v) is 38.4.